The summed E-state index contributed by atoms with van der Waals surface area (Å²) in [5.74, 6) is 0. The summed E-state index contributed by atoms with van der Waals surface area (Å²) >= 11 is 0. The molecule has 0 saturated heterocycles. The number of hydrogen-bond donors (Lipinski definition) is 0. The number of alkyl halides is 3. The average Bonchev–Trinajstić information content (AvgIpc) is 2.72. The molecule has 1 aromatic carbocycles. The van der Waals surface area contributed by atoms with E-state index >= 15 is 0 Å². The summed E-state index contributed by atoms with van der Waals surface area (Å²) < 4.78 is 37.7. The van der Waals surface area contributed by atoms with Gasteiger partial charge in [0, 0.05) is 18.4 Å². The Labute approximate surface area is 108 Å². The Morgan fingerprint density at radius 1 is 1.21 bits per heavy atom. The van der Waals surface area contributed by atoms with Crippen molar-refractivity contribution >= 4 is 17.2 Å². The number of nitrogens with zero attached hydrogens (tertiary/aromatic N) is 2. The molecular formula is C13H13F3N2O. The first-order valence-electron chi connectivity index (χ1n) is 5.99. The molecule has 102 valence electrons. The van der Waals surface area contributed by atoms with E-state index < -0.39 is 12.6 Å². The Kier molecular flexibility index (Phi) is 3.87. The molecule has 1 aromatic heterocycles. The first-order valence-corrected chi connectivity index (χ1v) is 5.99. The number of aryl methyl sites for hydroxylation is 1. The highest BCUT2D eigenvalue weighted by molar-refractivity contribution is 5.95. The van der Waals surface area contributed by atoms with Crippen LogP contribution in [0.15, 0.2) is 24.3 Å². The van der Waals surface area contributed by atoms with E-state index in [4.69, 9.17) is 0 Å². The Hall–Kier alpha value is -1.85. The summed E-state index contributed by atoms with van der Waals surface area (Å²) in [6.45, 7) is 0.379. The van der Waals surface area contributed by atoms with E-state index in [9.17, 15) is 18.0 Å². The first-order chi connectivity index (χ1) is 9.01. The molecule has 1 heterocycles. The fourth-order valence-electron chi connectivity index (χ4n) is 2.00. The summed E-state index contributed by atoms with van der Waals surface area (Å²) in [7, 11) is 0. The second-order valence-electron chi connectivity index (χ2n) is 4.32. The third-order valence-electron chi connectivity index (χ3n) is 2.88. The second kappa shape index (κ2) is 5.42. The maximum Gasteiger partial charge on any atom is 0.389 e. The molecule has 0 radical (unpaired) electrons. The number of para-hydroxylation sites is 1. The molecule has 0 unspecified atom stereocenters. The third-order valence-corrected chi connectivity index (χ3v) is 2.88. The summed E-state index contributed by atoms with van der Waals surface area (Å²) in [6, 6.07) is 7.19. The summed E-state index contributed by atoms with van der Waals surface area (Å²) in [5.41, 5.74) is 1.10. The van der Waals surface area contributed by atoms with Crippen LogP contribution in [0.3, 0.4) is 0 Å². The van der Waals surface area contributed by atoms with Gasteiger partial charge in [0.15, 0.2) is 6.29 Å². The van der Waals surface area contributed by atoms with Crippen LogP contribution in [0, 0.1) is 0 Å². The first kappa shape index (κ1) is 13.6. The van der Waals surface area contributed by atoms with Gasteiger partial charge in [-0.25, -0.2) is 0 Å². The molecule has 2 aromatic rings. The van der Waals surface area contributed by atoms with Crippen molar-refractivity contribution in [3.63, 3.8) is 0 Å². The molecule has 0 N–H and O–H groups in total. The average molecular weight is 270 g/mol. The van der Waals surface area contributed by atoms with Gasteiger partial charge in [0.25, 0.3) is 0 Å². The second-order valence-corrected chi connectivity index (χ2v) is 4.32. The van der Waals surface area contributed by atoms with E-state index in [1.54, 1.807) is 22.9 Å². The quantitative estimate of drug-likeness (QED) is 0.614. The molecule has 0 amide bonds. The van der Waals surface area contributed by atoms with Crippen molar-refractivity contribution in [3.8, 4) is 0 Å². The van der Waals surface area contributed by atoms with Gasteiger partial charge in [0.1, 0.15) is 5.69 Å². The lowest BCUT2D eigenvalue weighted by Crippen LogP contribution is -2.08. The number of aromatic nitrogens is 2. The molecular weight excluding hydrogens is 257 g/mol. The molecule has 6 heteroatoms. The summed E-state index contributed by atoms with van der Waals surface area (Å²) in [6.07, 6.45) is -3.79. The Morgan fingerprint density at radius 2 is 1.95 bits per heavy atom. The number of halogens is 3. The number of carbonyl (C=O) groups is 1. The molecule has 0 bridgehead atoms. The smallest absolute Gasteiger partial charge is 0.296 e. The fourth-order valence-corrected chi connectivity index (χ4v) is 2.00. The van der Waals surface area contributed by atoms with Gasteiger partial charge in [0.2, 0.25) is 0 Å². The van der Waals surface area contributed by atoms with Gasteiger partial charge in [-0.15, -0.1) is 0 Å². The van der Waals surface area contributed by atoms with Crippen LogP contribution in [0.25, 0.3) is 10.9 Å². The molecule has 2 rings (SSSR count). The number of fused-ring (bicyclic) bond motifs is 1. The zero-order valence-electron chi connectivity index (χ0n) is 10.2. The normalized spacial score (nSPS) is 11.9. The molecule has 19 heavy (non-hydrogen) atoms. The van der Waals surface area contributed by atoms with E-state index in [1.807, 2.05) is 6.07 Å². The number of aldehydes is 1. The van der Waals surface area contributed by atoms with Gasteiger partial charge in [-0.2, -0.15) is 18.3 Å². The van der Waals surface area contributed by atoms with Gasteiger partial charge in [-0.3, -0.25) is 9.48 Å². The molecule has 0 aliphatic rings. The van der Waals surface area contributed by atoms with Crippen molar-refractivity contribution < 1.29 is 18.0 Å². The highest BCUT2D eigenvalue weighted by Crippen LogP contribution is 2.23. The van der Waals surface area contributed by atoms with E-state index in [0.717, 1.165) is 10.9 Å². The van der Waals surface area contributed by atoms with Crippen LogP contribution in [0.2, 0.25) is 0 Å². The summed E-state index contributed by atoms with van der Waals surface area (Å²) in [5, 5.41) is 4.84. The van der Waals surface area contributed by atoms with Crippen LogP contribution >= 0.6 is 0 Å². The maximum atomic E-state index is 12.0. The molecule has 0 aliphatic heterocycles. The van der Waals surface area contributed by atoms with Crippen molar-refractivity contribution in [1.29, 1.82) is 0 Å². The van der Waals surface area contributed by atoms with Gasteiger partial charge in [0.05, 0.1) is 5.52 Å². The minimum Gasteiger partial charge on any atom is -0.296 e. The van der Waals surface area contributed by atoms with Crippen LogP contribution < -0.4 is 0 Å². The summed E-state index contributed by atoms with van der Waals surface area (Å²) in [4.78, 5) is 10.9. The molecule has 3 nitrogen and oxygen atoms in total. The minimum atomic E-state index is -4.11. The van der Waals surface area contributed by atoms with Gasteiger partial charge in [-0.05, 0) is 18.9 Å². The van der Waals surface area contributed by atoms with Crippen LogP contribution in [0.1, 0.15) is 29.8 Å². The van der Waals surface area contributed by atoms with E-state index in [-0.39, 0.29) is 6.42 Å². The van der Waals surface area contributed by atoms with Gasteiger partial charge >= 0.3 is 6.18 Å². The predicted octanol–water partition coefficient (Wildman–Crippen LogP) is 3.58. The van der Waals surface area contributed by atoms with E-state index in [2.05, 4.69) is 5.10 Å². The van der Waals surface area contributed by atoms with Gasteiger partial charge in [-0.1, -0.05) is 18.2 Å². The molecule has 0 saturated carbocycles. The lowest BCUT2D eigenvalue weighted by molar-refractivity contribution is -0.135. The van der Waals surface area contributed by atoms with Crippen molar-refractivity contribution in [2.45, 2.75) is 32.0 Å². The number of benzene rings is 1. The zero-order valence-corrected chi connectivity index (χ0v) is 10.2. The lowest BCUT2D eigenvalue weighted by Gasteiger charge is -2.06. The van der Waals surface area contributed by atoms with Crippen molar-refractivity contribution in [3.05, 3.63) is 30.0 Å². The van der Waals surface area contributed by atoms with Crippen molar-refractivity contribution in [2.24, 2.45) is 0 Å². The lowest BCUT2D eigenvalue weighted by atomic mass is 10.2. The number of hydrogen-bond acceptors (Lipinski definition) is 2. The standard InChI is InChI=1S/C13H13F3N2O/c14-13(15,16)7-3-4-8-18-12-6-2-1-5-10(12)11(9-19)17-18/h1-2,5-6,9H,3-4,7-8H2. The number of unbranched alkanes of at least 4 members (excludes halogenated alkanes) is 1. The van der Waals surface area contributed by atoms with Crippen LogP contribution in [-0.2, 0) is 6.54 Å². The van der Waals surface area contributed by atoms with Crippen LogP contribution in [0.5, 0.6) is 0 Å². The van der Waals surface area contributed by atoms with Crippen LogP contribution in [-0.4, -0.2) is 22.2 Å². The van der Waals surface area contributed by atoms with E-state index in [0.29, 0.717) is 24.9 Å². The topological polar surface area (TPSA) is 34.9 Å². The van der Waals surface area contributed by atoms with Crippen molar-refractivity contribution in [1.82, 2.24) is 9.78 Å². The predicted molar refractivity (Wildman–Crippen MR) is 65.0 cm³/mol. The monoisotopic (exact) mass is 270 g/mol. The van der Waals surface area contributed by atoms with Gasteiger partial charge < -0.3 is 0 Å². The van der Waals surface area contributed by atoms with E-state index in [1.165, 1.54) is 0 Å². The molecule has 0 aliphatic carbocycles. The third kappa shape index (κ3) is 3.33. The Morgan fingerprint density at radius 3 is 2.63 bits per heavy atom. The molecule has 0 atom stereocenters. The number of carbonyl (C=O) groups excluding carboxylic acids is 1. The van der Waals surface area contributed by atoms with Crippen molar-refractivity contribution in [2.75, 3.05) is 0 Å². The largest absolute Gasteiger partial charge is 0.389 e. The Bertz CT molecular complexity index is 575. The number of rotatable bonds is 5. The zero-order chi connectivity index (χ0) is 13.9. The Balaban J connectivity index is 2.07. The maximum absolute atomic E-state index is 12.0. The highest BCUT2D eigenvalue weighted by Gasteiger charge is 2.25. The highest BCUT2D eigenvalue weighted by atomic mass is 19.4. The SMILES string of the molecule is O=Cc1nn(CCCCC(F)(F)F)c2ccccc12. The fraction of sp³-hybridized carbons (Fsp3) is 0.385. The molecule has 0 spiro atoms. The molecule has 0 fully saturated rings. The van der Waals surface area contributed by atoms with Crippen LogP contribution in [0.4, 0.5) is 13.2 Å². The minimum absolute atomic E-state index is 0.0636.